The fraction of sp³-hybridized carbons (Fsp3) is 0.727. The second-order valence-electron chi connectivity index (χ2n) is 4.87. The van der Waals surface area contributed by atoms with E-state index in [1.165, 1.54) is 0 Å². The Kier molecular flexibility index (Phi) is 3.74. The Morgan fingerprint density at radius 1 is 1.53 bits per heavy atom. The first-order chi connectivity index (χ1) is 6.90. The van der Waals surface area contributed by atoms with E-state index in [0.717, 1.165) is 6.42 Å². The lowest BCUT2D eigenvalue weighted by atomic mass is 10.1. The molecule has 86 valence electrons. The molecule has 0 heterocycles. The van der Waals surface area contributed by atoms with Crippen LogP contribution in [0.2, 0.25) is 0 Å². The zero-order valence-corrected chi connectivity index (χ0v) is 9.62. The van der Waals surface area contributed by atoms with Gasteiger partial charge >= 0.3 is 6.09 Å². The lowest BCUT2D eigenvalue weighted by Gasteiger charge is -2.21. The highest BCUT2D eigenvalue weighted by atomic mass is 16.6. The van der Waals surface area contributed by atoms with E-state index < -0.39 is 5.60 Å². The minimum atomic E-state index is -0.445. The summed E-state index contributed by atoms with van der Waals surface area (Å²) in [5.74, 6) is 0.380. The molecule has 1 aliphatic carbocycles. The van der Waals surface area contributed by atoms with Crippen LogP contribution in [-0.2, 0) is 4.74 Å². The second kappa shape index (κ2) is 4.66. The van der Waals surface area contributed by atoms with Gasteiger partial charge < -0.3 is 15.8 Å². The number of amides is 1. The molecule has 1 amide bonds. The third-order valence-electron chi connectivity index (χ3n) is 2.18. The largest absolute Gasteiger partial charge is 0.444 e. The number of nitrogens with two attached hydrogens (primary N) is 1. The molecule has 4 heteroatoms. The van der Waals surface area contributed by atoms with Crippen LogP contribution in [0.15, 0.2) is 12.2 Å². The van der Waals surface area contributed by atoms with Gasteiger partial charge in [0.05, 0.1) is 6.04 Å². The van der Waals surface area contributed by atoms with Gasteiger partial charge in [-0.25, -0.2) is 4.79 Å². The molecule has 1 aliphatic rings. The molecule has 0 aliphatic heterocycles. The van der Waals surface area contributed by atoms with Crippen molar-refractivity contribution >= 4 is 6.09 Å². The molecule has 2 atom stereocenters. The van der Waals surface area contributed by atoms with Gasteiger partial charge in [-0.1, -0.05) is 12.2 Å². The average Bonchev–Trinajstić information content (AvgIpc) is 2.48. The van der Waals surface area contributed by atoms with Crippen molar-refractivity contribution in [2.24, 2.45) is 11.7 Å². The molecule has 15 heavy (non-hydrogen) atoms. The van der Waals surface area contributed by atoms with E-state index >= 15 is 0 Å². The fourth-order valence-corrected chi connectivity index (χ4v) is 1.52. The van der Waals surface area contributed by atoms with Crippen LogP contribution in [-0.4, -0.2) is 24.3 Å². The first kappa shape index (κ1) is 12.0. The number of alkyl carbamates (subject to hydrolysis) is 1. The van der Waals surface area contributed by atoms with Crippen LogP contribution in [0.4, 0.5) is 4.79 Å². The van der Waals surface area contributed by atoms with Crippen LogP contribution in [0, 0.1) is 5.92 Å². The zero-order valence-electron chi connectivity index (χ0n) is 9.62. The summed E-state index contributed by atoms with van der Waals surface area (Å²) in [6.07, 6.45) is 4.52. The monoisotopic (exact) mass is 212 g/mol. The topological polar surface area (TPSA) is 64.3 Å². The summed E-state index contributed by atoms with van der Waals surface area (Å²) in [6, 6.07) is 0.0633. The van der Waals surface area contributed by atoms with Crippen molar-refractivity contribution in [3.63, 3.8) is 0 Å². The van der Waals surface area contributed by atoms with Crippen molar-refractivity contribution in [1.82, 2.24) is 5.32 Å². The highest BCUT2D eigenvalue weighted by Crippen LogP contribution is 2.17. The van der Waals surface area contributed by atoms with Gasteiger partial charge in [0.1, 0.15) is 5.60 Å². The first-order valence-corrected chi connectivity index (χ1v) is 5.28. The number of hydrogen-bond donors (Lipinski definition) is 2. The lowest BCUT2D eigenvalue weighted by Crippen LogP contribution is -2.38. The summed E-state index contributed by atoms with van der Waals surface area (Å²) in [4.78, 5) is 11.4. The Labute approximate surface area is 90.9 Å². The van der Waals surface area contributed by atoms with Gasteiger partial charge in [-0.3, -0.25) is 0 Å². The van der Waals surface area contributed by atoms with Crippen molar-refractivity contribution in [2.75, 3.05) is 6.54 Å². The molecule has 0 spiro atoms. The molecule has 0 aromatic heterocycles. The van der Waals surface area contributed by atoms with Gasteiger partial charge in [-0.15, -0.1) is 0 Å². The Balaban J connectivity index is 2.32. The third-order valence-corrected chi connectivity index (χ3v) is 2.18. The van der Waals surface area contributed by atoms with Crippen molar-refractivity contribution in [3.05, 3.63) is 12.2 Å². The average molecular weight is 212 g/mol. The van der Waals surface area contributed by atoms with Gasteiger partial charge in [0, 0.05) is 0 Å². The Morgan fingerprint density at radius 3 is 2.67 bits per heavy atom. The summed E-state index contributed by atoms with van der Waals surface area (Å²) < 4.78 is 5.15. The van der Waals surface area contributed by atoms with Crippen LogP contribution < -0.4 is 11.1 Å². The minimum absolute atomic E-state index is 0.0633. The molecule has 0 saturated carbocycles. The summed E-state index contributed by atoms with van der Waals surface area (Å²) in [5.41, 5.74) is 5.09. The van der Waals surface area contributed by atoms with Crippen molar-refractivity contribution < 1.29 is 9.53 Å². The SMILES string of the molecule is CC(C)(C)OC(=O)NC1C=CC(CN)C1. The molecule has 0 bridgehead atoms. The molecule has 0 fully saturated rings. The van der Waals surface area contributed by atoms with E-state index in [9.17, 15) is 4.79 Å². The molecule has 0 aromatic carbocycles. The zero-order chi connectivity index (χ0) is 11.5. The fourth-order valence-electron chi connectivity index (χ4n) is 1.52. The van der Waals surface area contributed by atoms with E-state index in [2.05, 4.69) is 5.32 Å². The number of ether oxygens (including phenoxy) is 1. The maximum atomic E-state index is 11.4. The number of carbonyl (C=O) groups is 1. The van der Waals surface area contributed by atoms with Crippen LogP contribution in [0.25, 0.3) is 0 Å². The van der Waals surface area contributed by atoms with E-state index in [1.807, 2.05) is 32.9 Å². The van der Waals surface area contributed by atoms with E-state index in [1.54, 1.807) is 0 Å². The van der Waals surface area contributed by atoms with E-state index in [-0.39, 0.29) is 12.1 Å². The van der Waals surface area contributed by atoms with Crippen LogP contribution in [0.5, 0.6) is 0 Å². The van der Waals surface area contributed by atoms with Gasteiger partial charge in [0.15, 0.2) is 0 Å². The quantitative estimate of drug-likeness (QED) is 0.680. The summed E-state index contributed by atoms with van der Waals surface area (Å²) >= 11 is 0. The number of hydrogen-bond acceptors (Lipinski definition) is 3. The molecule has 0 aromatic rings. The number of nitrogens with one attached hydrogen (secondary N) is 1. The second-order valence-corrected chi connectivity index (χ2v) is 4.87. The molecular weight excluding hydrogens is 192 g/mol. The van der Waals surface area contributed by atoms with Crippen LogP contribution in [0.1, 0.15) is 27.2 Å². The molecule has 3 N–H and O–H groups in total. The van der Waals surface area contributed by atoms with Crippen LogP contribution >= 0.6 is 0 Å². The minimum Gasteiger partial charge on any atom is -0.444 e. The van der Waals surface area contributed by atoms with Crippen molar-refractivity contribution in [1.29, 1.82) is 0 Å². The van der Waals surface area contributed by atoms with E-state index in [0.29, 0.717) is 12.5 Å². The molecule has 4 nitrogen and oxygen atoms in total. The van der Waals surface area contributed by atoms with Gasteiger partial charge in [0.2, 0.25) is 0 Å². The predicted octanol–water partition coefficient (Wildman–Crippen LogP) is 1.41. The highest BCUT2D eigenvalue weighted by Gasteiger charge is 2.22. The highest BCUT2D eigenvalue weighted by molar-refractivity contribution is 5.68. The summed E-state index contributed by atoms with van der Waals surface area (Å²) in [5, 5.41) is 2.80. The lowest BCUT2D eigenvalue weighted by molar-refractivity contribution is 0.0513. The molecule has 2 unspecified atom stereocenters. The number of carbonyl (C=O) groups excluding carboxylic acids is 1. The maximum Gasteiger partial charge on any atom is 0.408 e. The molecule has 1 rings (SSSR count). The predicted molar refractivity (Wildman–Crippen MR) is 59.5 cm³/mol. The smallest absolute Gasteiger partial charge is 0.408 e. The number of rotatable bonds is 2. The Bertz CT molecular complexity index is 256. The first-order valence-electron chi connectivity index (χ1n) is 5.28. The molecule has 0 radical (unpaired) electrons. The van der Waals surface area contributed by atoms with Crippen LogP contribution in [0.3, 0.4) is 0 Å². The Hall–Kier alpha value is -1.03. The van der Waals surface area contributed by atoms with Crippen molar-refractivity contribution in [3.8, 4) is 0 Å². The summed E-state index contributed by atoms with van der Waals surface area (Å²) in [7, 11) is 0. The normalized spacial score (nSPS) is 25.3. The van der Waals surface area contributed by atoms with Gasteiger partial charge in [0.25, 0.3) is 0 Å². The molecule has 0 saturated heterocycles. The Morgan fingerprint density at radius 2 is 2.20 bits per heavy atom. The summed E-state index contributed by atoms with van der Waals surface area (Å²) in [6.45, 7) is 6.17. The molecular formula is C11H20N2O2. The van der Waals surface area contributed by atoms with Gasteiger partial charge in [-0.05, 0) is 39.7 Å². The maximum absolute atomic E-state index is 11.4. The van der Waals surface area contributed by atoms with Gasteiger partial charge in [-0.2, -0.15) is 0 Å². The standard InChI is InChI=1S/C11H20N2O2/c1-11(2,3)15-10(14)13-9-5-4-8(6-9)7-12/h4-5,8-9H,6-7,12H2,1-3H3,(H,13,14). The van der Waals surface area contributed by atoms with E-state index in [4.69, 9.17) is 10.5 Å². The van der Waals surface area contributed by atoms with Crippen molar-refractivity contribution in [2.45, 2.75) is 38.8 Å². The third kappa shape index (κ3) is 4.34.